The van der Waals surface area contributed by atoms with Crippen molar-refractivity contribution >= 4 is 11.9 Å². The van der Waals surface area contributed by atoms with Gasteiger partial charge in [-0.2, -0.15) is 0 Å². The lowest BCUT2D eigenvalue weighted by Crippen LogP contribution is -2.45. The highest BCUT2D eigenvalue weighted by molar-refractivity contribution is 5.79. The number of imidazole rings is 1. The zero-order valence-electron chi connectivity index (χ0n) is 23.8. The highest BCUT2D eigenvalue weighted by Gasteiger charge is 2.47. The monoisotopic (exact) mass is 539 g/mol. The molecule has 0 radical (unpaired) electrons. The third kappa shape index (κ3) is 7.60. The number of unbranched alkanes of at least 4 members (excludes halogenated alkanes) is 2. The fourth-order valence-corrected chi connectivity index (χ4v) is 6.04. The minimum absolute atomic E-state index is 0.105. The number of carbonyl (C=O) groups excluding carboxylic acids is 1. The molecule has 214 valence electrons. The van der Waals surface area contributed by atoms with Crippen LogP contribution in [-0.4, -0.2) is 101 Å². The number of benzene rings is 1. The van der Waals surface area contributed by atoms with Gasteiger partial charge in [-0.1, -0.05) is 25.5 Å². The standard InChI is InChI=1S/C30H45N5O4/c1-4-5-14-34(15-7-6-13-32(2)3)28(36)21-35-20-25(23-8-9-27-24(19-23)11-18-39-27)29(30(37)38)26(35)10-16-33-17-12-31-22-33/h8-9,12,17,19,22,25-26,29H,4-7,10-11,13-16,18,20-21H2,1-3H3,(H,37,38). The SMILES string of the molecule is CCCCN(CCCCN(C)C)C(=O)CN1CC(c2ccc3c(c2)CCO3)C(C(=O)O)C1CCn1ccnc1. The first-order chi connectivity index (χ1) is 18.9. The van der Waals surface area contributed by atoms with E-state index in [1.807, 2.05) is 27.8 Å². The van der Waals surface area contributed by atoms with E-state index in [1.165, 1.54) is 0 Å². The summed E-state index contributed by atoms with van der Waals surface area (Å²) in [5.41, 5.74) is 2.17. The first kappa shape index (κ1) is 29.1. The molecule has 2 aliphatic rings. The fourth-order valence-electron chi connectivity index (χ4n) is 6.04. The summed E-state index contributed by atoms with van der Waals surface area (Å²) in [5, 5.41) is 10.5. The minimum Gasteiger partial charge on any atom is -0.493 e. The largest absolute Gasteiger partial charge is 0.493 e. The molecule has 2 aliphatic heterocycles. The molecular weight excluding hydrogens is 494 g/mol. The van der Waals surface area contributed by atoms with Crippen molar-refractivity contribution in [1.29, 1.82) is 0 Å². The lowest BCUT2D eigenvalue weighted by molar-refractivity contribution is -0.144. The quantitative estimate of drug-likeness (QED) is 0.347. The zero-order valence-corrected chi connectivity index (χ0v) is 23.8. The Kier molecular flexibility index (Phi) is 10.4. The molecule has 3 unspecified atom stereocenters. The lowest BCUT2D eigenvalue weighted by atomic mass is 9.83. The number of amides is 1. The van der Waals surface area contributed by atoms with Crippen molar-refractivity contribution in [3.63, 3.8) is 0 Å². The van der Waals surface area contributed by atoms with Crippen LogP contribution in [0.1, 0.15) is 56.1 Å². The molecule has 1 amide bonds. The van der Waals surface area contributed by atoms with Crippen LogP contribution in [0.5, 0.6) is 5.75 Å². The molecular formula is C30H45N5O4. The van der Waals surface area contributed by atoms with E-state index in [1.54, 1.807) is 12.5 Å². The van der Waals surface area contributed by atoms with Gasteiger partial charge in [0.1, 0.15) is 5.75 Å². The predicted octanol–water partition coefficient (Wildman–Crippen LogP) is 3.35. The molecule has 0 spiro atoms. The number of carboxylic acid groups (broad SMARTS) is 1. The molecule has 3 atom stereocenters. The van der Waals surface area contributed by atoms with Gasteiger partial charge in [0, 0.05) is 57.0 Å². The summed E-state index contributed by atoms with van der Waals surface area (Å²) in [5.74, 6) is -0.570. The molecule has 9 heteroatoms. The van der Waals surface area contributed by atoms with Crippen LogP contribution >= 0.6 is 0 Å². The minimum atomic E-state index is -0.797. The molecule has 3 heterocycles. The molecule has 2 aromatic rings. The topological polar surface area (TPSA) is 91.1 Å². The first-order valence-electron chi connectivity index (χ1n) is 14.5. The third-order valence-electron chi connectivity index (χ3n) is 8.17. The van der Waals surface area contributed by atoms with Gasteiger partial charge in [0.15, 0.2) is 0 Å². The second-order valence-corrected chi connectivity index (χ2v) is 11.3. The van der Waals surface area contributed by atoms with Gasteiger partial charge in [-0.05, 0) is 63.5 Å². The average Bonchev–Trinajstić information content (AvgIpc) is 3.66. The number of rotatable bonds is 15. The Morgan fingerprint density at radius 3 is 2.67 bits per heavy atom. The van der Waals surface area contributed by atoms with Crippen molar-refractivity contribution in [3.05, 3.63) is 48.0 Å². The number of nitrogens with zero attached hydrogens (tertiary/aromatic N) is 5. The van der Waals surface area contributed by atoms with Gasteiger partial charge in [0.2, 0.25) is 5.91 Å². The fraction of sp³-hybridized carbons (Fsp3) is 0.633. The summed E-state index contributed by atoms with van der Waals surface area (Å²) in [7, 11) is 4.14. The highest BCUT2D eigenvalue weighted by atomic mass is 16.5. The van der Waals surface area contributed by atoms with E-state index in [0.29, 0.717) is 26.1 Å². The second-order valence-electron chi connectivity index (χ2n) is 11.3. The summed E-state index contributed by atoms with van der Waals surface area (Å²) in [6.45, 7) is 6.78. The van der Waals surface area contributed by atoms with Crippen LogP contribution < -0.4 is 4.74 Å². The van der Waals surface area contributed by atoms with Gasteiger partial charge in [-0.25, -0.2) is 4.98 Å². The van der Waals surface area contributed by atoms with Crippen LogP contribution in [0.2, 0.25) is 0 Å². The first-order valence-corrected chi connectivity index (χ1v) is 14.5. The third-order valence-corrected chi connectivity index (χ3v) is 8.17. The Labute approximate surface area is 232 Å². The maximum Gasteiger partial charge on any atom is 0.308 e. The molecule has 39 heavy (non-hydrogen) atoms. The number of aryl methyl sites for hydroxylation is 1. The Hall–Kier alpha value is -2.91. The molecule has 9 nitrogen and oxygen atoms in total. The van der Waals surface area contributed by atoms with Crippen molar-refractivity contribution in [2.45, 2.75) is 64.0 Å². The number of hydrogen-bond donors (Lipinski definition) is 1. The van der Waals surface area contributed by atoms with Crippen molar-refractivity contribution in [2.24, 2.45) is 5.92 Å². The van der Waals surface area contributed by atoms with Gasteiger partial charge in [-0.3, -0.25) is 14.5 Å². The van der Waals surface area contributed by atoms with Gasteiger partial charge in [0.05, 0.1) is 25.4 Å². The Morgan fingerprint density at radius 1 is 1.15 bits per heavy atom. The molecule has 4 rings (SSSR count). The van der Waals surface area contributed by atoms with E-state index in [2.05, 4.69) is 41.9 Å². The van der Waals surface area contributed by atoms with Gasteiger partial charge >= 0.3 is 5.97 Å². The van der Waals surface area contributed by atoms with E-state index >= 15 is 0 Å². The van der Waals surface area contributed by atoms with E-state index in [0.717, 1.165) is 68.6 Å². The molecule has 1 N–H and O–H groups in total. The molecule has 0 bridgehead atoms. The van der Waals surface area contributed by atoms with Crippen LogP contribution in [0, 0.1) is 5.92 Å². The molecule has 0 aliphatic carbocycles. The van der Waals surface area contributed by atoms with Crippen LogP contribution in [-0.2, 0) is 22.6 Å². The maximum absolute atomic E-state index is 13.7. The van der Waals surface area contributed by atoms with Crippen LogP contribution in [0.4, 0.5) is 0 Å². The van der Waals surface area contributed by atoms with E-state index in [4.69, 9.17) is 4.74 Å². The smallest absolute Gasteiger partial charge is 0.308 e. The number of hydrogen-bond acceptors (Lipinski definition) is 6. The Morgan fingerprint density at radius 2 is 1.95 bits per heavy atom. The summed E-state index contributed by atoms with van der Waals surface area (Å²) in [4.78, 5) is 36.9. The highest BCUT2D eigenvalue weighted by Crippen LogP contribution is 2.41. The number of fused-ring (bicyclic) bond motifs is 1. The molecule has 1 aromatic heterocycles. The van der Waals surface area contributed by atoms with Gasteiger partial charge in [-0.15, -0.1) is 0 Å². The summed E-state index contributed by atoms with van der Waals surface area (Å²) in [6.07, 6.45) is 10.9. The maximum atomic E-state index is 13.7. The van der Waals surface area contributed by atoms with Crippen molar-refractivity contribution < 1.29 is 19.4 Å². The van der Waals surface area contributed by atoms with Crippen LogP contribution in [0.15, 0.2) is 36.9 Å². The number of ether oxygens (including phenoxy) is 1. The number of carbonyl (C=O) groups is 2. The lowest BCUT2D eigenvalue weighted by Gasteiger charge is -2.30. The number of aliphatic carboxylic acids is 1. The van der Waals surface area contributed by atoms with Crippen LogP contribution in [0.3, 0.4) is 0 Å². The number of aromatic nitrogens is 2. The zero-order chi connectivity index (χ0) is 27.8. The summed E-state index contributed by atoms with van der Waals surface area (Å²) < 4.78 is 7.67. The molecule has 1 saturated heterocycles. The molecule has 0 saturated carbocycles. The van der Waals surface area contributed by atoms with Crippen molar-refractivity contribution in [2.75, 3.05) is 53.4 Å². The van der Waals surface area contributed by atoms with Crippen LogP contribution in [0.25, 0.3) is 0 Å². The second kappa shape index (κ2) is 13.9. The normalized spacial score (nSPS) is 20.8. The molecule has 1 aromatic carbocycles. The Balaban J connectivity index is 1.53. The molecule has 1 fully saturated rings. The predicted molar refractivity (Wildman–Crippen MR) is 151 cm³/mol. The van der Waals surface area contributed by atoms with E-state index < -0.39 is 11.9 Å². The Bertz CT molecular complexity index is 1070. The van der Waals surface area contributed by atoms with E-state index in [-0.39, 0.29) is 24.4 Å². The average molecular weight is 540 g/mol. The van der Waals surface area contributed by atoms with Crippen molar-refractivity contribution in [3.8, 4) is 5.75 Å². The van der Waals surface area contributed by atoms with Crippen molar-refractivity contribution in [1.82, 2.24) is 24.3 Å². The van der Waals surface area contributed by atoms with E-state index in [9.17, 15) is 14.7 Å². The van der Waals surface area contributed by atoms with Gasteiger partial charge < -0.3 is 24.2 Å². The number of carboxylic acids is 1. The van der Waals surface area contributed by atoms with Gasteiger partial charge in [0.25, 0.3) is 0 Å². The number of likely N-dealkylation sites (tertiary alicyclic amines) is 1. The summed E-state index contributed by atoms with van der Waals surface area (Å²) in [6, 6.07) is 5.87. The summed E-state index contributed by atoms with van der Waals surface area (Å²) >= 11 is 0.